The number of rotatable bonds is 2. The van der Waals surface area contributed by atoms with Gasteiger partial charge in [0.1, 0.15) is 5.76 Å². The largest absolute Gasteiger partial charge is 0.426 e. The lowest BCUT2D eigenvalue weighted by atomic mass is 9.90. The van der Waals surface area contributed by atoms with E-state index in [0.29, 0.717) is 5.76 Å². The molecule has 2 aliphatic carbocycles. The van der Waals surface area contributed by atoms with Crippen molar-refractivity contribution in [2.45, 2.75) is 0 Å². The molecule has 2 aliphatic rings. The molecule has 0 radical (unpaired) electrons. The zero-order chi connectivity index (χ0) is 10.0. The van der Waals surface area contributed by atoms with Gasteiger partial charge in [-0.25, -0.2) is 4.79 Å². The highest BCUT2D eigenvalue weighted by Crippen LogP contribution is 2.40. The third-order valence-corrected chi connectivity index (χ3v) is 2.28. The molecular formula is C12H10O2. The van der Waals surface area contributed by atoms with Gasteiger partial charge in [-0.1, -0.05) is 43.0 Å². The highest BCUT2D eigenvalue weighted by molar-refractivity contribution is 5.82. The van der Waals surface area contributed by atoms with Gasteiger partial charge >= 0.3 is 5.97 Å². The first-order valence-electron chi connectivity index (χ1n) is 4.38. The molecule has 14 heavy (non-hydrogen) atoms. The van der Waals surface area contributed by atoms with Crippen molar-refractivity contribution < 1.29 is 9.53 Å². The Kier molecular flexibility index (Phi) is 1.97. The van der Waals surface area contributed by atoms with Crippen LogP contribution in [0.2, 0.25) is 0 Å². The van der Waals surface area contributed by atoms with Crippen molar-refractivity contribution in [2.24, 2.45) is 5.41 Å². The Bertz CT molecular complexity index is 377. The molecule has 1 spiro atoms. The smallest absolute Gasteiger partial charge is 0.335 e. The van der Waals surface area contributed by atoms with Crippen LogP contribution in [0, 0.1) is 5.41 Å². The summed E-state index contributed by atoms with van der Waals surface area (Å²) in [5.41, 5.74) is -0.335. The molecule has 0 fully saturated rings. The number of carbonyl (C=O) groups is 1. The predicted molar refractivity (Wildman–Crippen MR) is 54.2 cm³/mol. The monoisotopic (exact) mass is 186 g/mol. The summed E-state index contributed by atoms with van der Waals surface area (Å²) in [6, 6.07) is 0. The number of hydrogen-bond donors (Lipinski definition) is 0. The fourth-order valence-electron chi connectivity index (χ4n) is 1.55. The molecule has 70 valence electrons. The summed E-state index contributed by atoms with van der Waals surface area (Å²) in [5, 5.41) is 0. The summed E-state index contributed by atoms with van der Waals surface area (Å²) in [6.45, 7) is 3.36. The Hall–Kier alpha value is -1.83. The molecule has 0 aromatic rings. The summed E-state index contributed by atoms with van der Waals surface area (Å²) in [7, 11) is 0. The van der Waals surface area contributed by atoms with Gasteiger partial charge in [0.05, 0.1) is 5.41 Å². The molecule has 2 rings (SSSR count). The second-order valence-corrected chi connectivity index (χ2v) is 3.17. The van der Waals surface area contributed by atoms with Crippen LogP contribution < -0.4 is 0 Å². The van der Waals surface area contributed by atoms with Gasteiger partial charge in [-0.2, -0.15) is 0 Å². The van der Waals surface area contributed by atoms with Crippen molar-refractivity contribution >= 4 is 5.97 Å². The van der Waals surface area contributed by atoms with E-state index in [0.717, 1.165) is 6.08 Å². The minimum atomic E-state index is -0.423. The van der Waals surface area contributed by atoms with Crippen LogP contribution in [0.3, 0.4) is 0 Å². The van der Waals surface area contributed by atoms with Gasteiger partial charge in [0.25, 0.3) is 0 Å². The van der Waals surface area contributed by atoms with E-state index in [1.807, 2.05) is 36.5 Å². The Morgan fingerprint density at radius 1 is 1.29 bits per heavy atom. The molecule has 0 saturated heterocycles. The molecule has 0 aliphatic heterocycles. The zero-order valence-electron chi connectivity index (χ0n) is 7.64. The van der Waals surface area contributed by atoms with E-state index >= 15 is 0 Å². The Morgan fingerprint density at radius 2 is 1.93 bits per heavy atom. The van der Waals surface area contributed by atoms with Gasteiger partial charge in [0.2, 0.25) is 0 Å². The molecule has 0 saturated carbocycles. The Balaban J connectivity index is 2.22. The topological polar surface area (TPSA) is 26.3 Å². The normalized spacial score (nSPS) is 20.1. The molecule has 0 amide bonds. The van der Waals surface area contributed by atoms with E-state index in [1.54, 1.807) is 6.08 Å². The first kappa shape index (κ1) is 8.75. The van der Waals surface area contributed by atoms with Crippen LogP contribution in [0.5, 0.6) is 0 Å². The van der Waals surface area contributed by atoms with Gasteiger partial charge in [0.15, 0.2) is 0 Å². The summed E-state index contributed by atoms with van der Waals surface area (Å²) in [5.74, 6) is 0.209. The van der Waals surface area contributed by atoms with E-state index in [4.69, 9.17) is 4.74 Å². The van der Waals surface area contributed by atoms with Crippen molar-refractivity contribution in [2.75, 3.05) is 0 Å². The summed E-state index contributed by atoms with van der Waals surface area (Å²) >= 11 is 0. The molecule has 0 atom stereocenters. The molecule has 0 aromatic carbocycles. The number of ether oxygens (including phenoxy) is 1. The number of carbonyl (C=O) groups excluding carboxylic acids is 1. The van der Waals surface area contributed by atoms with E-state index in [2.05, 4.69) is 6.58 Å². The molecule has 0 heterocycles. The summed E-state index contributed by atoms with van der Waals surface area (Å²) in [4.78, 5) is 11.1. The van der Waals surface area contributed by atoms with Crippen LogP contribution in [0.4, 0.5) is 0 Å². The number of hydrogen-bond acceptors (Lipinski definition) is 2. The predicted octanol–water partition coefficient (Wildman–Crippen LogP) is 2.28. The van der Waals surface area contributed by atoms with E-state index in [-0.39, 0.29) is 5.41 Å². The molecule has 0 bridgehead atoms. The minimum absolute atomic E-state index is 0.335. The third kappa shape index (κ3) is 1.25. The number of esters is 1. The first-order chi connectivity index (χ1) is 6.77. The molecule has 0 aromatic heterocycles. The molecule has 0 unspecified atom stereocenters. The van der Waals surface area contributed by atoms with E-state index < -0.39 is 5.97 Å². The van der Waals surface area contributed by atoms with Crippen molar-refractivity contribution in [1.82, 2.24) is 0 Å². The quantitative estimate of drug-likeness (QED) is 0.488. The van der Waals surface area contributed by atoms with Gasteiger partial charge in [-0.05, 0) is 6.08 Å². The van der Waals surface area contributed by atoms with Gasteiger partial charge in [-0.3, -0.25) is 0 Å². The van der Waals surface area contributed by atoms with Gasteiger partial charge < -0.3 is 4.74 Å². The van der Waals surface area contributed by atoms with Crippen LogP contribution in [0.1, 0.15) is 0 Å². The Labute approximate surface area is 82.6 Å². The highest BCUT2D eigenvalue weighted by atomic mass is 16.5. The minimum Gasteiger partial charge on any atom is -0.426 e. The maximum absolute atomic E-state index is 11.1. The fraction of sp³-hybridized carbons (Fsp3) is 0.0833. The molecule has 2 nitrogen and oxygen atoms in total. The second kappa shape index (κ2) is 3.14. The number of allylic oxidation sites excluding steroid dienone is 5. The second-order valence-electron chi connectivity index (χ2n) is 3.17. The molecule has 2 heteroatoms. The van der Waals surface area contributed by atoms with Crippen molar-refractivity contribution in [3.05, 3.63) is 60.9 Å². The van der Waals surface area contributed by atoms with Crippen LogP contribution in [-0.4, -0.2) is 5.97 Å². The van der Waals surface area contributed by atoms with E-state index in [1.165, 1.54) is 0 Å². The van der Waals surface area contributed by atoms with Crippen molar-refractivity contribution in [3.63, 3.8) is 0 Å². The molecular weight excluding hydrogens is 176 g/mol. The van der Waals surface area contributed by atoms with E-state index in [9.17, 15) is 4.79 Å². The summed E-state index contributed by atoms with van der Waals surface area (Å²) in [6.07, 6.45) is 14.7. The average molecular weight is 186 g/mol. The SMILES string of the molecule is C=CC(=O)OC1=CC=CC12C=CC=C2. The third-order valence-electron chi connectivity index (χ3n) is 2.28. The lowest BCUT2D eigenvalue weighted by Crippen LogP contribution is -2.15. The van der Waals surface area contributed by atoms with Crippen LogP contribution >= 0.6 is 0 Å². The zero-order valence-corrected chi connectivity index (χ0v) is 7.64. The fourth-order valence-corrected chi connectivity index (χ4v) is 1.55. The highest BCUT2D eigenvalue weighted by Gasteiger charge is 2.33. The van der Waals surface area contributed by atoms with Gasteiger partial charge in [-0.15, -0.1) is 0 Å². The van der Waals surface area contributed by atoms with Crippen LogP contribution in [0.25, 0.3) is 0 Å². The Morgan fingerprint density at radius 3 is 2.57 bits per heavy atom. The lowest BCUT2D eigenvalue weighted by Gasteiger charge is -2.19. The first-order valence-corrected chi connectivity index (χ1v) is 4.38. The summed E-state index contributed by atoms with van der Waals surface area (Å²) < 4.78 is 5.14. The standard InChI is InChI=1S/C12H10O2/c1-2-11(13)14-10-6-5-9-12(10)7-3-4-8-12/h2-9H,1H2. The van der Waals surface area contributed by atoms with Crippen molar-refractivity contribution in [1.29, 1.82) is 0 Å². The van der Waals surface area contributed by atoms with Gasteiger partial charge in [0, 0.05) is 6.08 Å². The van der Waals surface area contributed by atoms with Crippen molar-refractivity contribution in [3.8, 4) is 0 Å². The maximum Gasteiger partial charge on any atom is 0.335 e. The van der Waals surface area contributed by atoms with Crippen LogP contribution in [-0.2, 0) is 9.53 Å². The maximum atomic E-state index is 11.1. The van der Waals surface area contributed by atoms with Crippen LogP contribution in [0.15, 0.2) is 60.9 Å². The molecule has 0 N–H and O–H groups in total. The lowest BCUT2D eigenvalue weighted by molar-refractivity contribution is -0.134. The average Bonchev–Trinajstić information content (AvgIpc) is 2.79.